The van der Waals surface area contributed by atoms with Gasteiger partial charge in [-0.1, -0.05) is 0 Å². The van der Waals surface area contributed by atoms with Crippen molar-refractivity contribution in [2.45, 2.75) is 39.3 Å². The molecule has 1 aromatic heterocycles. The Kier molecular flexibility index (Phi) is 5.51. The van der Waals surface area contributed by atoms with Gasteiger partial charge in [-0.25, -0.2) is 4.98 Å². The minimum atomic E-state index is 0.00645. The van der Waals surface area contributed by atoms with Gasteiger partial charge in [-0.2, -0.15) is 0 Å². The molecule has 2 atom stereocenters. The summed E-state index contributed by atoms with van der Waals surface area (Å²) in [5.74, 6) is 0.167. The lowest BCUT2D eigenvalue weighted by atomic mass is 10.2. The van der Waals surface area contributed by atoms with Gasteiger partial charge in [0, 0.05) is 37.7 Å². The number of ether oxygens (including phenoxy) is 1. The summed E-state index contributed by atoms with van der Waals surface area (Å²) in [4.78, 5) is 18.8. The number of carbonyl (C=O) groups is 1. The molecule has 1 N–H and O–H groups in total. The first kappa shape index (κ1) is 15.4. The van der Waals surface area contributed by atoms with Crippen LogP contribution < -0.4 is 5.32 Å². The van der Waals surface area contributed by atoms with Crippen molar-refractivity contribution in [2.75, 3.05) is 26.2 Å². The van der Waals surface area contributed by atoms with Crippen LogP contribution in [0.2, 0.25) is 0 Å². The molecular weight excluding hydrogens is 274 g/mol. The lowest BCUT2D eigenvalue weighted by molar-refractivity contribution is -0.133. The van der Waals surface area contributed by atoms with Crippen LogP contribution in [-0.4, -0.2) is 48.1 Å². The summed E-state index contributed by atoms with van der Waals surface area (Å²) < 4.78 is 5.52. The van der Waals surface area contributed by atoms with Crippen LogP contribution in [-0.2, 0) is 16.0 Å². The van der Waals surface area contributed by atoms with Crippen molar-refractivity contribution in [1.82, 2.24) is 15.2 Å². The Labute approximate surface area is 124 Å². The summed E-state index contributed by atoms with van der Waals surface area (Å²) in [5, 5.41) is 6.21. The Morgan fingerprint density at radius 2 is 2.50 bits per heavy atom. The van der Waals surface area contributed by atoms with Gasteiger partial charge in [-0.15, -0.1) is 11.3 Å². The number of nitrogens with zero attached hydrogens (tertiary/aromatic N) is 2. The van der Waals surface area contributed by atoms with Crippen LogP contribution in [0.1, 0.15) is 37.6 Å². The molecule has 112 valence electrons. The second-order valence-corrected chi connectivity index (χ2v) is 5.98. The van der Waals surface area contributed by atoms with Crippen LogP contribution in [0.25, 0.3) is 0 Å². The Morgan fingerprint density at radius 1 is 1.70 bits per heavy atom. The fourth-order valence-electron chi connectivity index (χ4n) is 2.38. The lowest BCUT2D eigenvalue weighted by Crippen LogP contribution is -2.52. The Morgan fingerprint density at radius 3 is 3.20 bits per heavy atom. The molecule has 0 saturated carbocycles. The molecule has 6 heteroatoms. The summed E-state index contributed by atoms with van der Waals surface area (Å²) in [6.45, 7) is 9.25. The number of amides is 1. The molecule has 2 rings (SSSR count). The maximum absolute atomic E-state index is 12.3. The van der Waals surface area contributed by atoms with E-state index in [-0.39, 0.29) is 18.1 Å². The fraction of sp³-hybridized carbons (Fsp3) is 0.714. The minimum absolute atomic E-state index is 0.00645. The third kappa shape index (κ3) is 3.77. The zero-order chi connectivity index (χ0) is 14.5. The van der Waals surface area contributed by atoms with Gasteiger partial charge in [0.25, 0.3) is 0 Å². The maximum Gasteiger partial charge on any atom is 0.228 e. The van der Waals surface area contributed by atoms with Crippen molar-refractivity contribution < 1.29 is 9.53 Å². The van der Waals surface area contributed by atoms with Crippen LogP contribution in [0.5, 0.6) is 0 Å². The molecule has 0 bridgehead atoms. The molecule has 0 aliphatic carbocycles. The van der Waals surface area contributed by atoms with Crippen molar-refractivity contribution >= 4 is 17.2 Å². The van der Waals surface area contributed by atoms with Crippen molar-refractivity contribution in [3.63, 3.8) is 0 Å². The quantitative estimate of drug-likeness (QED) is 0.897. The van der Waals surface area contributed by atoms with E-state index in [1.54, 1.807) is 11.3 Å². The van der Waals surface area contributed by atoms with Crippen LogP contribution in [0.3, 0.4) is 0 Å². The molecule has 1 fully saturated rings. The fourth-order valence-corrected chi connectivity index (χ4v) is 3.20. The third-order valence-electron chi connectivity index (χ3n) is 3.49. The predicted molar refractivity (Wildman–Crippen MR) is 79.9 cm³/mol. The average Bonchev–Trinajstić information content (AvgIpc) is 2.88. The Hall–Kier alpha value is -0.980. The average molecular weight is 297 g/mol. The number of piperazine rings is 1. The monoisotopic (exact) mass is 297 g/mol. The number of hydrogen-bond acceptors (Lipinski definition) is 5. The van der Waals surface area contributed by atoms with E-state index in [4.69, 9.17) is 4.74 Å². The number of nitrogens with one attached hydrogen (secondary N) is 1. The van der Waals surface area contributed by atoms with Crippen molar-refractivity contribution in [3.8, 4) is 0 Å². The van der Waals surface area contributed by atoms with Gasteiger partial charge < -0.3 is 15.0 Å². The molecule has 0 aromatic carbocycles. The highest BCUT2D eigenvalue weighted by molar-refractivity contribution is 7.09. The van der Waals surface area contributed by atoms with Crippen LogP contribution in [0.15, 0.2) is 5.38 Å². The largest absolute Gasteiger partial charge is 0.372 e. The molecule has 5 nitrogen and oxygen atoms in total. The molecular formula is C14H23N3O2S. The number of thiazole rings is 1. The van der Waals surface area contributed by atoms with Gasteiger partial charge in [0.2, 0.25) is 5.91 Å². The third-order valence-corrected chi connectivity index (χ3v) is 4.54. The van der Waals surface area contributed by atoms with Gasteiger partial charge in [0.05, 0.1) is 12.1 Å². The Bertz CT molecular complexity index is 449. The van der Waals surface area contributed by atoms with Gasteiger partial charge in [0.15, 0.2) is 0 Å². The van der Waals surface area contributed by atoms with E-state index in [2.05, 4.69) is 17.2 Å². The molecule has 20 heavy (non-hydrogen) atoms. The molecule has 2 unspecified atom stereocenters. The number of carbonyl (C=O) groups excluding carboxylic acids is 1. The van der Waals surface area contributed by atoms with E-state index in [0.29, 0.717) is 13.0 Å². The number of hydrogen-bond donors (Lipinski definition) is 1. The highest BCUT2D eigenvalue weighted by Gasteiger charge is 2.23. The van der Waals surface area contributed by atoms with Gasteiger partial charge >= 0.3 is 0 Å². The zero-order valence-electron chi connectivity index (χ0n) is 12.4. The second kappa shape index (κ2) is 7.15. The smallest absolute Gasteiger partial charge is 0.228 e. The molecule has 0 spiro atoms. The molecule has 1 amide bonds. The summed E-state index contributed by atoms with van der Waals surface area (Å²) in [6, 6.07) is 0.261. The van der Waals surface area contributed by atoms with E-state index < -0.39 is 0 Å². The number of rotatable bonds is 5. The van der Waals surface area contributed by atoms with Gasteiger partial charge in [-0.05, 0) is 20.8 Å². The second-order valence-electron chi connectivity index (χ2n) is 5.09. The normalized spacial score (nSPS) is 20.9. The lowest BCUT2D eigenvalue weighted by Gasteiger charge is -2.33. The summed E-state index contributed by atoms with van der Waals surface area (Å²) in [6.07, 6.45) is 0.395. The molecule has 1 aliphatic heterocycles. The minimum Gasteiger partial charge on any atom is -0.372 e. The van der Waals surface area contributed by atoms with Gasteiger partial charge in [0.1, 0.15) is 11.1 Å². The predicted octanol–water partition coefficient (Wildman–Crippen LogP) is 1.60. The van der Waals surface area contributed by atoms with E-state index in [1.165, 1.54) is 0 Å². The first-order valence-electron chi connectivity index (χ1n) is 7.18. The summed E-state index contributed by atoms with van der Waals surface area (Å²) in [5.41, 5.74) is 0.854. The van der Waals surface area contributed by atoms with E-state index in [0.717, 1.165) is 30.3 Å². The summed E-state index contributed by atoms with van der Waals surface area (Å²) in [7, 11) is 0. The molecule has 1 saturated heterocycles. The zero-order valence-corrected chi connectivity index (χ0v) is 13.2. The molecule has 1 aliphatic rings. The highest BCUT2D eigenvalue weighted by atomic mass is 32.1. The van der Waals surface area contributed by atoms with Crippen LogP contribution in [0.4, 0.5) is 0 Å². The SMILES string of the molecule is CCOC(C)c1nc(CC(=O)N2CCNCC2C)cs1. The van der Waals surface area contributed by atoms with Gasteiger partial charge in [-0.3, -0.25) is 4.79 Å². The number of aromatic nitrogens is 1. The first-order chi connectivity index (χ1) is 9.61. The van der Waals surface area contributed by atoms with Crippen molar-refractivity contribution in [1.29, 1.82) is 0 Å². The van der Waals surface area contributed by atoms with E-state index >= 15 is 0 Å². The standard InChI is InChI=1S/C14H23N3O2S/c1-4-19-11(3)14-16-12(9-20-14)7-13(18)17-6-5-15-8-10(17)2/h9-11,15H,4-8H2,1-3H3. The molecule has 2 heterocycles. The van der Waals surface area contributed by atoms with Crippen molar-refractivity contribution in [3.05, 3.63) is 16.1 Å². The van der Waals surface area contributed by atoms with Crippen LogP contribution in [0, 0.1) is 0 Å². The van der Waals surface area contributed by atoms with E-state index in [1.807, 2.05) is 24.1 Å². The Balaban J connectivity index is 1.94. The highest BCUT2D eigenvalue weighted by Crippen LogP contribution is 2.21. The molecule has 0 radical (unpaired) electrons. The molecule has 1 aromatic rings. The van der Waals surface area contributed by atoms with Crippen LogP contribution >= 0.6 is 11.3 Å². The maximum atomic E-state index is 12.3. The van der Waals surface area contributed by atoms with E-state index in [9.17, 15) is 4.79 Å². The summed E-state index contributed by atoms with van der Waals surface area (Å²) >= 11 is 1.57. The topological polar surface area (TPSA) is 54.5 Å². The first-order valence-corrected chi connectivity index (χ1v) is 8.05. The van der Waals surface area contributed by atoms with Crippen molar-refractivity contribution in [2.24, 2.45) is 0 Å².